The van der Waals surface area contributed by atoms with Crippen LogP contribution in [0.2, 0.25) is 0 Å². The Labute approximate surface area is 89.3 Å². The largest absolute Gasteiger partial charge is 0.355 e. The predicted octanol–water partition coefficient (Wildman–Crippen LogP) is 2.07. The zero-order chi connectivity index (χ0) is 9.80. The Morgan fingerprint density at radius 3 is 3.36 bits per heavy atom. The van der Waals surface area contributed by atoms with Crippen LogP contribution < -0.4 is 5.32 Å². The van der Waals surface area contributed by atoms with E-state index in [1.165, 1.54) is 17.9 Å². The minimum atomic E-state index is 0.835. The Hall–Kier alpha value is -0.640. The molecule has 2 rings (SSSR count). The number of nitrogens with one attached hydrogen (secondary N) is 1. The minimum absolute atomic E-state index is 0.835. The molecule has 78 valence electrons. The van der Waals surface area contributed by atoms with Gasteiger partial charge in [0.1, 0.15) is 0 Å². The first-order chi connectivity index (χ1) is 6.90. The van der Waals surface area contributed by atoms with Crippen LogP contribution in [0.3, 0.4) is 0 Å². The summed E-state index contributed by atoms with van der Waals surface area (Å²) in [5.41, 5.74) is 0. The number of hydrogen-bond acceptors (Lipinski definition) is 3. The molecule has 1 aromatic heterocycles. The van der Waals surface area contributed by atoms with Gasteiger partial charge in [-0.3, -0.25) is 0 Å². The normalized spacial score (nSPS) is 21.4. The van der Waals surface area contributed by atoms with Gasteiger partial charge in [-0.1, -0.05) is 0 Å². The van der Waals surface area contributed by atoms with Crippen molar-refractivity contribution in [1.29, 1.82) is 0 Å². The molecule has 1 unspecified atom stereocenters. The standard InChI is InChI=1S/C10H17N3S/c1-2-13-5-4-11-10(13)12-7-9-3-6-14-8-9/h4-5,9H,2-3,6-8H2,1H3,(H,11,12). The van der Waals surface area contributed by atoms with Gasteiger partial charge in [-0.15, -0.1) is 0 Å². The highest BCUT2D eigenvalue weighted by molar-refractivity contribution is 7.99. The van der Waals surface area contributed by atoms with E-state index in [0.29, 0.717) is 0 Å². The van der Waals surface area contributed by atoms with Crippen molar-refractivity contribution in [3.63, 3.8) is 0 Å². The first-order valence-corrected chi connectivity index (χ1v) is 6.38. The molecule has 0 saturated carbocycles. The Morgan fingerprint density at radius 2 is 2.64 bits per heavy atom. The van der Waals surface area contributed by atoms with Gasteiger partial charge in [0, 0.05) is 25.5 Å². The molecule has 1 fully saturated rings. The van der Waals surface area contributed by atoms with Gasteiger partial charge in [0.25, 0.3) is 0 Å². The highest BCUT2D eigenvalue weighted by atomic mass is 32.2. The third kappa shape index (κ3) is 2.23. The second-order valence-electron chi connectivity index (χ2n) is 3.65. The summed E-state index contributed by atoms with van der Waals surface area (Å²) < 4.78 is 2.14. The van der Waals surface area contributed by atoms with E-state index in [1.807, 2.05) is 12.4 Å². The third-order valence-electron chi connectivity index (χ3n) is 2.63. The molecule has 1 N–H and O–H groups in total. The van der Waals surface area contributed by atoms with Crippen molar-refractivity contribution in [2.24, 2.45) is 5.92 Å². The van der Waals surface area contributed by atoms with Crippen LogP contribution in [-0.2, 0) is 6.54 Å². The molecule has 0 bridgehead atoms. The summed E-state index contributed by atoms with van der Waals surface area (Å²) in [4.78, 5) is 4.29. The van der Waals surface area contributed by atoms with Crippen LogP contribution in [0.5, 0.6) is 0 Å². The van der Waals surface area contributed by atoms with E-state index in [4.69, 9.17) is 0 Å². The van der Waals surface area contributed by atoms with Gasteiger partial charge in [0.2, 0.25) is 5.95 Å². The first-order valence-electron chi connectivity index (χ1n) is 5.23. The second-order valence-corrected chi connectivity index (χ2v) is 4.80. The summed E-state index contributed by atoms with van der Waals surface area (Å²) in [6, 6.07) is 0. The van der Waals surface area contributed by atoms with Crippen molar-refractivity contribution in [1.82, 2.24) is 9.55 Å². The quantitative estimate of drug-likeness (QED) is 0.827. The van der Waals surface area contributed by atoms with Crippen molar-refractivity contribution >= 4 is 17.7 Å². The molecule has 14 heavy (non-hydrogen) atoms. The van der Waals surface area contributed by atoms with Gasteiger partial charge in [-0.05, 0) is 30.8 Å². The van der Waals surface area contributed by atoms with Crippen LogP contribution in [0.15, 0.2) is 12.4 Å². The zero-order valence-corrected chi connectivity index (χ0v) is 9.39. The number of anilines is 1. The molecule has 0 aromatic carbocycles. The van der Waals surface area contributed by atoms with Gasteiger partial charge in [-0.25, -0.2) is 4.98 Å². The minimum Gasteiger partial charge on any atom is -0.355 e. The highest BCUT2D eigenvalue weighted by Gasteiger charge is 2.15. The van der Waals surface area contributed by atoms with Crippen LogP contribution in [0.4, 0.5) is 5.95 Å². The van der Waals surface area contributed by atoms with Gasteiger partial charge < -0.3 is 9.88 Å². The summed E-state index contributed by atoms with van der Waals surface area (Å²) in [5, 5.41) is 3.42. The zero-order valence-electron chi connectivity index (χ0n) is 8.57. The van der Waals surface area contributed by atoms with Crippen LogP contribution in [0.1, 0.15) is 13.3 Å². The molecule has 1 aliphatic heterocycles. The molecule has 0 amide bonds. The van der Waals surface area contributed by atoms with Crippen molar-refractivity contribution < 1.29 is 0 Å². The predicted molar refractivity (Wildman–Crippen MR) is 61.8 cm³/mol. The molecule has 0 aliphatic carbocycles. The molecule has 3 nitrogen and oxygen atoms in total. The van der Waals surface area contributed by atoms with E-state index in [1.54, 1.807) is 0 Å². The lowest BCUT2D eigenvalue weighted by molar-refractivity contribution is 0.623. The second kappa shape index (κ2) is 4.73. The monoisotopic (exact) mass is 211 g/mol. The number of nitrogens with zero attached hydrogens (tertiary/aromatic N) is 2. The summed E-state index contributed by atoms with van der Waals surface area (Å²) in [6.45, 7) is 4.20. The van der Waals surface area contributed by atoms with Gasteiger partial charge >= 0.3 is 0 Å². The smallest absolute Gasteiger partial charge is 0.202 e. The van der Waals surface area contributed by atoms with E-state index in [0.717, 1.165) is 25.0 Å². The van der Waals surface area contributed by atoms with E-state index in [9.17, 15) is 0 Å². The lowest BCUT2D eigenvalue weighted by Gasteiger charge is -2.11. The number of imidazole rings is 1. The number of hydrogen-bond donors (Lipinski definition) is 1. The average molecular weight is 211 g/mol. The maximum absolute atomic E-state index is 4.29. The Bertz CT molecular complexity index is 279. The van der Waals surface area contributed by atoms with Gasteiger partial charge in [0.05, 0.1) is 0 Å². The van der Waals surface area contributed by atoms with Crippen molar-refractivity contribution in [3.8, 4) is 0 Å². The van der Waals surface area contributed by atoms with E-state index < -0.39 is 0 Å². The average Bonchev–Trinajstić information content (AvgIpc) is 2.85. The fraction of sp³-hybridized carbons (Fsp3) is 0.700. The van der Waals surface area contributed by atoms with Crippen LogP contribution in [-0.4, -0.2) is 27.6 Å². The van der Waals surface area contributed by atoms with Gasteiger partial charge in [0.15, 0.2) is 0 Å². The SMILES string of the molecule is CCn1ccnc1NCC1CCSC1. The first kappa shape index (κ1) is 9.90. The van der Waals surface area contributed by atoms with E-state index in [-0.39, 0.29) is 0 Å². The number of rotatable bonds is 4. The molecule has 2 heterocycles. The van der Waals surface area contributed by atoms with Crippen LogP contribution >= 0.6 is 11.8 Å². The molecule has 1 aromatic rings. The Balaban J connectivity index is 1.84. The van der Waals surface area contributed by atoms with Crippen LogP contribution in [0.25, 0.3) is 0 Å². The molecule has 0 spiro atoms. The van der Waals surface area contributed by atoms with Crippen molar-refractivity contribution in [3.05, 3.63) is 12.4 Å². The molecular formula is C10H17N3S. The maximum Gasteiger partial charge on any atom is 0.202 e. The fourth-order valence-corrected chi connectivity index (χ4v) is 3.00. The van der Waals surface area contributed by atoms with Crippen molar-refractivity contribution in [2.45, 2.75) is 19.9 Å². The molecule has 0 radical (unpaired) electrons. The third-order valence-corrected chi connectivity index (χ3v) is 3.86. The molecule has 1 aliphatic rings. The lowest BCUT2D eigenvalue weighted by Crippen LogP contribution is -2.16. The summed E-state index contributed by atoms with van der Waals surface area (Å²) >= 11 is 2.06. The number of aromatic nitrogens is 2. The van der Waals surface area contributed by atoms with Crippen molar-refractivity contribution in [2.75, 3.05) is 23.4 Å². The Kier molecular flexibility index (Phi) is 3.35. The van der Waals surface area contributed by atoms with Crippen LogP contribution in [0, 0.1) is 5.92 Å². The summed E-state index contributed by atoms with van der Waals surface area (Å²) in [5.74, 6) is 4.49. The Morgan fingerprint density at radius 1 is 1.71 bits per heavy atom. The fourth-order valence-electron chi connectivity index (χ4n) is 1.71. The molecule has 1 saturated heterocycles. The van der Waals surface area contributed by atoms with E-state index >= 15 is 0 Å². The maximum atomic E-state index is 4.29. The highest BCUT2D eigenvalue weighted by Crippen LogP contribution is 2.23. The molecule has 4 heteroatoms. The number of aryl methyl sites for hydroxylation is 1. The summed E-state index contributed by atoms with van der Waals surface area (Å²) in [7, 11) is 0. The summed E-state index contributed by atoms with van der Waals surface area (Å²) in [6.07, 6.45) is 5.23. The topological polar surface area (TPSA) is 29.9 Å². The molecule has 1 atom stereocenters. The lowest BCUT2D eigenvalue weighted by atomic mass is 10.1. The molecular weight excluding hydrogens is 194 g/mol. The number of thioether (sulfide) groups is 1. The van der Waals surface area contributed by atoms with Gasteiger partial charge in [-0.2, -0.15) is 11.8 Å². The van der Waals surface area contributed by atoms with E-state index in [2.05, 4.69) is 33.6 Å².